The molecule has 0 heterocycles. The summed E-state index contributed by atoms with van der Waals surface area (Å²) >= 11 is 0. The minimum absolute atomic E-state index is 0.0590. The van der Waals surface area contributed by atoms with Crippen LogP contribution in [-0.2, 0) is 47.5 Å². The summed E-state index contributed by atoms with van der Waals surface area (Å²) in [4.78, 5) is 10.7. The molecule has 0 aromatic heterocycles. The Morgan fingerprint density at radius 2 is 1.03 bits per heavy atom. The summed E-state index contributed by atoms with van der Waals surface area (Å²) in [5.41, 5.74) is 0.974. The Morgan fingerprint density at radius 1 is 0.656 bits per heavy atom. The molecule has 0 spiro atoms. The van der Waals surface area contributed by atoms with Gasteiger partial charge in [-0.25, -0.2) is 0 Å². The molecule has 0 saturated carbocycles. The molecule has 0 radical (unpaired) electrons. The van der Waals surface area contributed by atoms with Gasteiger partial charge in [-0.1, -0.05) is 17.7 Å². The fourth-order valence-electron chi connectivity index (χ4n) is 2.20. The molecule has 0 fully saturated rings. The van der Waals surface area contributed by atoms with Crippen LogP contribution in [0.1, 0.15) is 12.5 Å². The lowest BCUT2D eigenvalue weighted by Crippen LogP contribution is -2.15. The Labute approximate surface area is 190 Å². The summed E-state index contributed by atoms with van der Waals surface area (Å²) in [7, 11) is -3.76. The zero-order valence-corrected chi connectivity index (χ0v) is 19.6. The van der Waals surface area contributed by atoms with Crippen molar-refractivity contribution >= 4 is 16.1 Å². The zero-order valence-electron chi connectivity index (χ0n) is 18.8. The van der Waals surface area contributed by atoms with Crippen LogP contribution in [0.2, 0.25) is 0 Å². The van der Waals surface area contributed by atoms with Crippen molar-refractivity contribution in [3.8, 4) is 0 Å². The molecule has 11 heteroatoms. The van der Waals surface area contributed by atoms with E-state index in [1.165, 1.54) is 19.1 Å². The zero-order chi connectivity index (χ0) is 23.5. The third-order valence-corrected chi connectivity index (χ3v) is 5.12. The first-order chi connectivity index (χ1) is 15.4. The van der Waals surface area contributed by atoms with E-state index in [9.17, 15) is 13.2 Å². The van der Waals surface area contributed by atoms with Crippen molar-refractivity contribution in [2.75, 3.05) is 79.3 Å². The molecule has 0 atom stereocenters. The Balaban J connectivity index is 1.82. The number of ether oxygens (including phenoxy) is 6. The molecule has 0 aliphatic carbocycles. The lowest BCUT2D eigenvalue weighted by Gasteiger charge is -2.08. The molecule has 1 aromatic carbocycles. The summed E-state index contributed by atoms with van der Waals surface area (Å²) in [6.07, 6.45) is 0. The summed E-state index contributed by atoms with van der Waals surface area (Å²) in [6, 6.07) is 6.46. The Bertz CT molecular complexity index is 706. The third-order valence-electron chi connectivity index (χ3n) is 3.80. The Morgan fingerprint density at radius 3 is 1.44 bits per heavy atom. The van der Waals surface area contributed by atoms with Crippen molar-refractivity contribution < 1.29 is 45.8 Å². The van der Waals surface area contributed by atoms with Crippen molar-refractivity contribution in [1.29, 1.82) is 0 Å². The third kappa shape index (κ3) is 15.2. The monoisotopic (exact) mass is 478 g/mol. The second-order valence-electron chi connectivity index (χ2n) is 6.49. The number of carbonyl (C=O) groups is 1. The van der Waals surface area contributed by atoms with Gasteiger partial charge < -0.3 is 28.4 Å². The predicted octanol–water partition coefficient (Wildman–Crippen LogP) is 1.35. The normalized spacial score (nSPS) is 11.6. The van der Waals surface area contributed by atoms with Gasteiger partial charge in [-0.15, -0.1) is 0 Å². The van der Waals surface area contributed by atoms with Crippen molar-refractivity contribution in [2.45, 2.75) is 18.7 Å². The summed E-state index contributed by atoms with van der Waals surface area (Å²) in [6.45, 7) is 7.21. The van der Waals surface area contributed by atoms with Crippen LogP contribution < -0.4 is 0 Å². The molecule has 10 nitrogen and oxygen atoms in total. The standard InChI is InChI=1S/C21H34O10S/c1-19-3-5-21(6-4-19)32(23,24)31-18-16-29-14-12-27-10-8-25-7-9-26-11-13-28-15-17-30-20(2)22/h3-6H,7-18H2,1-2H3. The number of hydrogen-bond donors (Lipinski definition) is 0. The highest BCUT2D eigenvalue weighted by Gasteiger charge is 2.14. The smallest absolute Gasteiger partial charge is 0.302 e. The first-order valence-electron chi connectivity index (χ1n) is 10.4. The van der Waals surface area contributed by atoms with E-state index in [0.717, 1.165) is 5.56 Å². The molecule has 0 aliphatic rings. The summed E-state index contributed by atoms with van der Waals surface area (Å²) < 4.78 is 60.2. The molecular weight excluding hydrogens is 444 g/mol. The van der Waals surface area contributed by atoms with Crippen LogP contribution in [0.25, 0.3) is 0 Å². The fourth-order valence-corrected chi connectivity index (χ4v) is 3.09. The van der Waals surface area contributed by atoms with E-state index in [1.807, 2.05) is 6.92 Å². The van der Waals surface area contributed by atoms with E-state index >= 15 is 0 Å². The van der Waals surface area contributed by atoms with Crippen molar-refractivity contribution in [3.05, 3.63) is 29.8 Å². The topological polar surface area (TPSA) is 116 Å². The minimum Gasteiger partial charge on any atom is -0.463 e. The molecule has 0 unspecified atom stereocenters. The van der Waals surface area contributed by atoms with Crippen LogP contribution in [0.5, 0.6) is 0 Å². The van der Waals surface area contributed by atoms with Crippen LogP contribution >= 0.6 is 0 Å². The molecular formula is C21H34O10S. The van der Waals surface area contributed by atoms with Crippen LogP contribution in [0.3, 0.4) is 0 Å². The van der Waals surface area contributed by atoms with E-state index in [-0.39, 0.29) is 30.7 Å². The lowest BCUT2D eigenvalue weighted by atomic mass is 10.2. The number of benzene rings is 1. The number of hydrogen-bond acceptors (Lipinski definition) is 10. The van der Waals surface area contributed by atoms with E-state index in [0.29, 0.717) is 59.5 Å². The first kappa shape index (κ1) is 28.4. The molecule has 0 bridgehead atoms. The van der Waals surface area contributed by atoms with Gasteiger partial charge in [-0.2, -0.15) is 8.42 Å². The maximum atomic E-state index is 12.0. The van der Waals surface area contributed by atoms with Gasteiger partial charge in [0.15, 0.2) is 0 Å². The maximum absolute atomic E-state index is 12.0. The van der Waals surface area contributed by atoms with Gasteiger partial charge in [0, 0.05) is 6.92 Å². The quantitative estimate of drug-likeness (QED) is 0.154. The van der Waals surface area contributed by atoms with Gasteiger partial charge in [0.1, 0.15) is 6.61 Å². The van der Waals surface area contributed by atoms with Crippen molar-refractivity contribution in [3.63, 3.8) is 0 Å². The van der Waals surface area contributed by atoms with Gasteiger partial charge in [0.25, 0.3) is 10.1 Å². The van der Waals surface area contributed by atoms with Crippen molar-refractivity contribution in [2.24, 2.45) is 0 Å². The molecule has 0 N–H and O–H groups in total. The number of aryl methyl sites for hydroxylation is 1. The fraction of sp³-hybridized carbons (Fsp3) is 0.667. The van der Waals surface area contributed by atoms with Gasteiger partial charge in [-0.3, -0.25) is 8.98 Å². The second kappa shape index (κ2) is 17.9. The summed E-state index contributed by atoms with van der Waals surface area (Å²) in [5.74, 6) is -0.324. The molecule has 32 heavy (non-hydrogen) atoms. The molecule has 0 aliphatic heterocycles. The maximum Gasteiger partial charge on any atom is 0.302 e. The highest BCUT2D eigenvalue weighted by atomic mass is 32.2. The van der Waals surface area contributed by atoms with Gasteiger partial charge >= 0.3 is 5.97 Å². The Kier molecular flexibility index (Phi) is 15.9. The van der Waals surface area contributed by atoms with Gasteiger partial charge in [0.2, 0.25) is 0 Å². The average molecular weight is 479 g/mol. The van der Waals surface area contributed by atoms with Crippen LogP contribution in [0.15, 0.2) is 29.2 Å². The van der Waals surface area contributed by atoms with Crippen LogP contribution in [0, 0.1) is 6.92 Å². The average Bonchev–Trinajstić information content (AvgIpc) is 2.75. The SMILES string of the molecule is CC(=O)OCCOCCOCCOCCOCCOCCOS(=O)(=O)c1ccc(C)cc1. The lowest BCUT2D eigenvalue weighted by molar-refractivity contribution is -0.142. The predicted molar refractivity (Wildman–Crippen MR) is 115 cm³/mol. The molecule has 1 aromatic rings. The minimum atomic E-state index is -3.76. The van der Waals surface area contributed by atoms with Crippen molar-refractivity contribution in [1.82, 2.24) is 0 Å². The van der Waals surface area contributed by atoms with E-state index in [2.05, 4.69) is 0 Å². The largest absolute Gasteiger partial charge is 0.463 e. The first-order valence-corrected chi connectivity index (χ1v) is 11.8. The number of esters is 1. The van der Waals surface area contributed by atoms with E-state index in [4.69, 9.17) is 32.6 Å². The Hall–Kier alpha value is -1.60. The van der Waals surface area contributed by atoms with Crippen LogP contribution in [-0.4, -0.2) is 93.7 Å². The molecule has 184 valence electrons. The number of carbonyl (C=O) groups excluding carboxylic acids is 1. The molecule has 0 saturated heterocycles. The second-order valence-corrected chi connectivity index (χ2v) is 8.11. The van der Waals surface area contributed by atoms with Gasteiger partial charge in [0.05, 0.1) is 77.6 Å². The van der Waals surface area contributed by atoms with E-state index in [1.54, 1.807) is 12.1 Å². The summed E-state index contributed by atoms with van der Waals surface area (Å²) in [5, 5.41) is 0. The van der Waals surface area contributed by atoms with Gasteiger partial charge in [-0.05, 0) is 19.1 Å². The molecule has 0 amide bonds. The highest BCUT2D eigenvalue weighted by molar-refractivity contribution is 7.86. The van der Waals surface area contributed by atoms with E-state index < -0.39 is 10.1 Å². The highest BCUT2D eigenvalue weighted by Crippen LogP contribution is 2.12. The van der Waals surface area contributed by atoms with Crippen LogP contribution in [0.4, 0.5) is 0 Å². The number of rotatable bonds is 20. The molecule has 1 rings (SSSR count).